The van der Waals surface area contributed by atoms with Crippen LogP contribution in [0.4, 0.5) is 10.5 Å². The lowest BCUT2D eigenvalue weighted by atomic mass is 10.1. The SMILES string of the molecule is CC(C)(C)OC(=O)NCC(N)Cc1ccc([N+](=O)[O-])cn1. The second kappa shape index (κ2) is 6.98. The molecule has 3 N–H and O–H groups in total. The molecule has 0 aromatic carbocycles. The van der Waals surface area contributed by atoms with Gasteiger partial charge in [0.25, 0.3) is 5.69 Å². The molecule has 116 valence electrons. The van der Waals surface area contributed by atoms with Gasteiger partial charge in [0.1, 0.15) is 11.8 Å². The number of amides is 1. The number of pyridine rings is 1. The van der Waals surface area contributed by atoms with Gasteiger partial charge in [-0.2, -0.15) is 0 Å². The number of ether oxygens (including phenoxy) is 1. The third-order valence-electron chi connectivity index (χ3n) is 2.40. The van der Waals surface area contributed by atoms with E-state index in [-0.39, 0.29) is 18.3 Å². The molecule has 0 aliphatic carbocycles. The van der Waals surface area contributed by atoms with Crippen molar-refractivity contribution in [2.75, 3.05) is 6.54 Å². The second-order valence-electron chi connectivity index (χ2n) is 5.61. The van der Waals surface area contributed by atoms with Crippen molar-refractivity contribution >= 4 is 11.8 Å². The van der Waals surface area contributed by atoms with Gasteiger partial charge in [-0.1, -0.05) is 0 Å². The summed E-state index contributed by atoms with van der Waals surface area (Å²) in [6.07, 6.45) is 1.05. The molecule has 8 nitrogen and oxygen atoms in total. The van der Waals surface area contributed by atoms with Crippen molar-refractivity contribution in [2.24, 2.45) is 5.73 Å². The third-order valence-corrected chi connectivity index (χ3v) is 2.40. The minimum absolute atomic E-state index is 0.0702. The van der Waals surface area contributed by atoms with E-state index in [2.05, 4.69) is 10.3 Å². The molecule has 21 heavy (non-hydrogen) atoms. The van der Waals surface area contributed by atoms with Gasteiger partial charge in [-0.05, 0) is 26.8 Å². The molecule has 0 aliphatic rings. The summed E-state index contributed by atoms with van der Waals surface area (Å²) in [6.45, 7) is 5.54. The largest absolute Gasteiger partial charge is 0.444 e. The number of carbonyl (C=O) groups excluding carboxylic acids is 1. The van der Waals surface area contributed by atoms with Crippen molar-refractivity contribution in [3.05, 3.63) is 34.1 Å². The van der Waals surface area contributed by atoms with E-state index in [0.29, 0.717) is 12.1 Å². The van der Waals surface area contributed by atoms with E-state index in [4.69, 9.17) is 10.5 Å². The van der Waals surface area contributed by atoms with Gasteiger partial charge in [-0.25, -0.2) is 4.79 Å². The Bertz CT molecular complexity index is 496. The number of carbonyl (C=O) groups is 1. The highest BCUT2D eigenvalue weighted by Gasteiger charge is 2.16. The maximum atomic E-state index is 11.5. The number of aromatic nitrogens is 1. The smallest absolute Gasteiger partial charge is 0.407 e. The molecule has 1 unspecified atom stereocenters. The number of hydrogen-bond acceptors (Lipinski definition) is 6. The van der Waals surface area contributed by atoms with Crippen molar-refractivity contribution < 1.29 is 14.5 Å². The van der Waals surface area contributed by atoms with Crippen LogP contribution >= 0.6 is 0 Å². The van der Waals surface area contributed by atoms with Gasteiger partial charge in [-0.15, -0.1) is 0 Å². The summed E-state index contributed by atoms with van der Waals surface area (Å²) in [5.74, 6) is 0. The molecular formula is C13H20N4O4. The van der Waals surface area contributed by atoms with Crippen molar-refractivity contribution in [3.8, 4) is 0 Å². The normalized spacial score (nSPS) is 12.6. The fraction of sp³-hybridized carbons (Fsp3) is 0.538. The first kappa shape index (κ1) is 16.8. The number of nitrogens with one attached hydrogen (secondary N) is 1. The van der Waals surface area contributed by atoms with Crippen molar-refractivity contribution in [1.29, 1.82) is 0 Å². The molecule has 1 amide bonds. The molecule has 8 heteroatoms. The van der Waals surface area contributed by atoms with Gasteiger partial charge in [0, 0.05) is 30.8 Å². The molecule has 0 fully saturated rings. The Morgan fingerprint density at radius 2 is 2.19 bits per heavy atom. The number of hydrogen-bond donors (Lipinski definition) is 2. The fourth-order valence-electron chi connectivity index (χ4n) is 1.51. The first-order chi connectivity index (χ1) is 9.67. The molecule has 0 aliphatic heterocycles. The van der Waals surface area contributed by atoms with Crippen molar-refractivity contribution in [1.82, 2.24) is 10.3 Å². The summed E-state index contributed by atoms with van der Waals surface area (Å²) in [7, 11) is 0. The lowest BCUT2D eigenvalue weighted by Crippen LogP contribution is -2.41. The topological polar surface area (TPSA) is 120 Å². The number of nitrogens with zero attached hydrogens (tertiary/aromatic N) is 2. The molecule has 0 bridgehead atoms. The van der Waals surface area contributed by atoms with E-state index in [1.807, 2.05) is 0 Å². The summed E-state index contributed by atoms with van der Waals surface area (Å²) in [6, 6.07) is 2.56. The van der Waals surface area contributed by atoms with Gasteiger partial charge < -0.3 is 15.8 Å². The van der Waals surface area contributed by atoms with Crippen LogP contribution in [0.25, 0.3) is 0 Å². The summed E-state index contributed by atoms with van der Waals surface area (Å²) < 4.78 is 5.08. The number of alkyl carbamates (subject to hydrolysis) is 1. The number of nitro groups is 1. The first-order valence-electron chi connectivity index (χ1n) is 6.49. The highest BCUT2D eigenvalue weighted by molar-refractivity contribution is 5.67. The van der Waals surface area contributed by atoms with Gasteiger partial charge in [0.05, 0.1) is 4.92 Å². The first-order valence-corrected chi connectivity index (χ1v) is 6.49. The molecular weight excluding hydrogens is 276 g/mol. The molecule has 0 radical (unpaired) electrons. The van der Waals surface area contributed by atoms with E-state index in [9.17, 15) is 14.9 Å². The number of nitrogens with two attached hydrogens (primary N) is 1. The Balaban J connectivity index is 2.41. The average Bonchev–Trinajstić information content (AvgIpc) is 2.35. The number of rotatable bonds is 5. The zero-order valence-corrected chi connectivity index (χ0v) is 12.3. The maximum absolute atomic E-state index is 11.5. The van der Waals surface area contributed by atoms with E-state index in [1.165, 1.54) is 12.3 Å². The van der Waals surface area contributed by atoms with Crippen LogP contribution in [0.3, 0.4) is 0 Å². The van der Waals surface area contributed by atoms with E-state index in [0.717, 1.165) is 0 Å². The van der Waals surface area contributed by atoms with E-state index < -0.39 is 16.6 Å². The van der Waals surface area contributed by atoms with E-state index in [1.54, 1.807) is 26.8 Å². The minimum atomic E-state index is -0.561. The summed E-state index contributed by atoms with van der Waals surface area (Å²) >= 11 is 0. The van der Waals surface area contributed by atoms with Crippen molar-refractivity contribution in [3.63, 3.8) is 0 Å². The van der Waals surface area contributed by atoms with Crippen LogP contribution in [0.1, 0.15) is 26.5 Å². The quantitative estimate of drug-likeness (QED) is 0.625. The molecule has 0 spiro atoms. The van der Waals surface area contributed by atoms with Crippen LogP contribution in [0.5, 0.6) is 0 Å². The van der Waals surface area contributed by atoms with Gasteiger partial charge in [-0.3, -0.25) is 15.1 Å². The Hall–Kier alpha value is -2.22. The standard InChI is InChI=1S/C13H20N4O4/c1-13(2,3)21-12(18)16-7-9(14)6-10-4-5-11(8-15-10)17(19)20/h4-5,8-9H,6-7,14H2,1-3H3,(H,16,18). The molecule has 1 aromatic rings. The predicted octanol–water partition coefficient (Wildman–Crippen LogP) is 1.38. The molecule has 1 aromatic heterocycles. The van der Waals surface area contributed by atoms with Crippen LogP contribution in [0.15, 0.2) is 18.3 Å². The highest BCUT2D eigenvalue weighted by atomic mass is 16.6. The Labute approximate surface area is 122 Å². The molecule has 0 saturated carbocycles. The zero-order valence-electron chi connectivity index (χ0n) is 12.3. The highest BCUT2D eigenvalue weighted by Crippen LogP contribution is 2.10. The Morgan fingerprint density at radius 3 is 2.67 bits per heavy atom. The maximum Gasteiger partial charge on any atom is 0.407 e. The Kier molecular flexibility index (Phi) is 5.60. The molecule has 1 rings (SSSR count). The van der Waals surface area contributed by atoms with Crippen LogP contribution in [-0.4, -0.2) is 34.2 Å². The summed E-state index contributed by atoms with van der Waals surface area (Å²) in [5.41, 5.74) is 5.86. The third kappa shape index (κ3) is 6.66. The van der Waals surface area contributed by atoms with E-state index >= 15 is 0 Å². The van der Waals surface area contributed by atoms with Crippen LogP contribution in [-0.2, 0) is 11.2 Å². The van der Waals surface area contributed by atoms with Crippen molar-refractivity contribution in [2.45, 2.75) is 38.8 Å². The molecule has 0 saturated heterocycles. The molecule has 1 heterocycles. The Morgan fingerprint density at radius 1 is 1.52 bits per heavy atom. The van der Waals surface area contributed by atoms with Gasteiger partial charge in [0.2, 0.25) is 0 Å². The lowest BCUT2D eigenvalue weighted by molar-refractivity contribution is -0.385. The zero-order chi connectivity index (χ0) is 16.0. The van der Waals surface area contributed by atoms with Crippen LogP contribution in [0.2, 0.25) is 0 Å². The fourth-order valence-corrected chi connectivity index (χ4v) is 1.51. The monoisotopic (exact) mass is 296 g/mol. The molecule has 1 atom stereocenters. The minimum Gasteiger partial charge on any atom is -0.444 e. The van der Waals surface area contributed by atoms with Crippen LogP contribution in [0, 0.1) is 10.1 Å². The lowest BCUT2D eigenvalue weighted by Gasteiger charge is -2.20. The average molecular weight is 296 g/mol. The van der Waals surface area contributed by atoms with Gasteiger partial charge in [0.15, 0.2) is 0 Å². The second-order valence-corrected chi connectivity index (χ2v) is 5.61. The van der Waals surface area contributed by atoms with Crippen LogP contribution < -0.4 is 11.1 Å². The van der Waals surface area contributed by atoms with Gasteiger partial charge >= 0.3 is 6.09 Å². The summed E-state index contributed by atoms with van der Waals surface area (Å²) in [4.78, 5) is 25.4. The predicted molar refractivity (Wildman–Crippen MR) is 76.8 cm³/mol. The summed E-state index contributed by atoms with van der Waals surface area (Å²) in [5, 5.41) is 13.1.